The molecule has 2 fully saturated rings. The van der Waals surface area contributed by atoms with Crippen LogP contribution in [-0.2, 0) is 24.3 Å². The van der Waals surface area contributed by atoms with Crippen LogP contribution >= 0.6 is 0 Å². The number of carbonyl (C=O) groups is 3. The zero-order valence-electron chi connectivity index (χ0n) is 17.6. The molecule has 1 atom stereocenters. The van der Waals surface area contributed by atoms with Crippen molar-refractivity contribution in [2.75, 3.05) is 32.8 Å². The number of piperidine rings is 1. The summed E-state index contributed by atoms with van der Waals surface area (Å²) in [5, 5.41) is 2.52. The smallest absolute Gasteiger partial charge is 0.324 e. The van der Waals surface area contributed by atoms with Gasteiger partial charge in [-0.05, 0) is 51.0 Å². The number of urea groups is 1. The van der Waals surface area contributed by atoms with E-state index in [1.54, 1.807) is 12.1 Å². The number of carbonyl (C=O) groups excluding carboxylic acids is 3. The summed E-state index contributed by atoms with van der Waals surface area (Å²) in [6.45, 7) is 4.72. The van der Waals surface area contributed by atoms with Crippen LogP contribution in [0.4, 0.5) is 4.79 Å². The van der Waals surface area contributed by atoms with E-state index in [-0.39, 0.29) is 24.5 Å². The van der Waals surface area contributed by atoms with E-state index in [4.69, 9.17) is 9.47 Å². The summed E-state index contributed by atoms with van der Waals surface area (Å²) in [7, 11) is -3.68. The van der Waals surface area contributed by atoms with Gasteiger partial charge < -0.3 is 14.8 Å². The minimum Gasteiger partial charge on any atom is -0.494 e. The monoisotopic (exact) mass is 453 g/mol. The maximum Gasteiger partial charge on any atom is 0.324 e. The molecule has 0 aromatic heterocycles. The molecule has 2 saturated heterocycles. The first-order valence-corrected chi connectivity index (χ1v) is 11.7. The molecule has 3 rings (SSSR count). The zero-order valence-corrected chi connectivity index (χ0v) is 18.4. The Kier molecular flexibility index (Phi) is 7.16. The molecule has 31 heavy (non-hydrogen) atoms. The lowest BCUT2D eigenvalue weighted by Crippen LogP contribution is -2.44. The maximum absolute atomic E-state index is 12.9. The van der Waals surface area contributed by atoms with Crippen LogP contribution in [0.3, 0.4) is 0 Å². The quantitative estimate of drug-likeness (QED) is 0.611. The number of ether oxygens (including phenoxy) is 2. The number of imide groups is 1. The normalized spacial score (nSPS) is 19.0. The predicted octanol–water partition coefficient (Wildman–Crippen LogP) is 0.970. The van der Waals surface area contributed by atoms with Crippen molar-refractivity contribution in [3.63, 3.8) is 0 Å². The molecule has 0 radical (unpaired) electrons. The Balaban J connectivity index is 1.54. The molecular weight excluding hydrogens is 426 g/mol. The fraction of sp³-hybridized carbons (Fsp3) is 0.550. The van der Waals surface area contributed by atoms with Gasteiger partial charge in [-0.3, -0.25) is 14.5 Å². The van der Waals surface area contributed by atoms with Gasteiger partial charge in [0.15, 0.2) is 6.10 Å². The summed E-state index contributed by atoms with van der Waals surface area (Å²) in [5.41, 5.74) is 0. The van der Waals surface area contributed by atoms with Gasteiger partial charge in [-0.15, -0.1) is 0 Å². The van der Waals surface area contributed by atoms with Gasteiger partial charge in [0.2, 0.25) is 10.0 Å². The number of hydrogen-bond donors (Lipinski definition) is 1. The Bertz CT molecular complexity index is 925. The number of nitrogens with zero attached hydrogens (tertiary/aromatic N) is 2. The number of amides is 3. The highest BCUT2D eigenvalue weighted by Crippen LogP contribution is 2.26. The van der Waals surface area contributed by atoms with E-state index in [2.05, 4.69) is 5.32 Å². The molecule has 1 aromatic rings. The van der Waals surface area contributed by atoms with Crippen LogP contribution in [0.1, 0.15) is 26.7 Å². The number of sulfonamides is 1. The van der Waals surface area contributed by atoms with Crippen molar-refractivity contribution < 1.29 is 32.3 Å². The highest BCUT2D eigenvalue weighted by Gasteiger charge is 2.36. The molecule has 1 N–H and O–H groups in total. The fourth-order valence-electron chi connectivity index (χ4n) is 3.58. The van der Waals surface area contributed by atoms with Crippen molar-refractivity contribution in [1.82, 2.24) is 14.5 Å². The Morgan fingerprint density at radius 1 is 1.16 bits per heavy atom. The third kappa shape index (κ3) is 5.16. The van der Waals surface area contributed by atoms with Crippen molar-refractivity contribution in [2.45, 2.75) is 37.7 Å². The largest absolute Gasteiger partial charge is 0.494 e. The summed E-state index contributed by atoms with van der Waals surface area (Å²) in [5.74, 6) is -1.04. The minimum atomic E-state index is -3.68. The van der Waals surface area contributed by atoms with Crippen LogP contribution in [-0.4, -0.2) is 74.4 Å². The number of rotatable bonds is 7. The van der Waals surface area contributed by atoms with Crippen LogP contribution in [0.5, 0.6) is 5.75 Å². The fourth-order valence-corrected chi connectivity index (χ4v) is 5.05. The van der Waals surface area contributed by atoms with Gasteiger partial charge in [-0.2, -0.15) is 4.31 Å². The minimum absolute atomic E-state index is 0.167. The lowest BCUT2D eigenvalue weighted by Gasteiger charge is -2.30. The molecule has 0 aliphatic carbocycles. The van der Waals surface area contributed by atoms with Crippen molar-refractivity contribution in [3.05, 3.63) is 24.3 Å². The molecule has 2 heterocycles. The topological polar surface area (TPSA) is 122 Å². The van der Waals surface area contributed by atoms with Gasteiger partial charge >= 0.3 is 12.0 Å². The molecule has 1 unspecified atom stereocenters. The number of benzene rings is 1. The van der Waals surface area contributed by atoms with Crippen LogP contribution < -0.4 is 10.1 Å². The van der Waals surface area contributed by atoms with Gasteiger partial charge in [-0.25, -0.2) is 13.2 Å². The summed E-state index contributed by atoms with van der Waals surface area (Å²) >= 11 is 0. The summed E-state index contributed by atoms with van der Waals surface area (Å²) < 4.78 is 37.7. The second kappa shape index (κ2) is 9.65. The average molecular weight is 454 g/mol. The highest BCUT2D eigenvalue weighted by molar-refractivity contribution is 7.89. The first-order chi connectivity index (χ1) is 14.7. The average Bonchev–Trinajstić information content (AvgIpc) is 3.19. The molecule has 2 aliphatic rings. The van der Waals surface area contributed by atoms with Crippen molar-refractivity contribution in [3.8, 4) is 5.75 Å². The molecule has 2 aliphatic heterocycles. The molecular formula is C20H27N3O7S. The zero-order chi connectivity index (χ0) is 22.6. The Morgan fingerprint density at radius 3 is 2.35 bits per heavy atom. The van der Waals surface area contributed by atoms with E-state index in [0.717, 1.165) is 4.90 Å². The SMILES string of the molecule is CCOc1ccc(S(=O)(=O)N2CCC(C(=O)OC(C)C(=O)N3CCNC3=O)CC2)cc1. The van der Waals surface area contributed by atoms with E-state index < -0.39 is 40.0 Å². The molecule has 11 heteroatoms. The Hall–Kier alpha value is -2.66. The lowest BCUT2D eigenvalue weighted by atomic mass is 9.98. The third-order valence-corrected chi connectivity index (χ3v) is 7.24. The van der Waals surface area contributed by atoms with Crippen LogP contribution in [0.25, 0.3) is 0 Å². The number of hydrogen-bond acceptors (Lipinski definition) is 7. The second-order valence-electron chi connectivity index (χ2n) is 7.38. The van der Waals surface area contributed by atoms with E-state index in [1.165, 1.54) is 23.4 Å². The van der Waals surface area contributed by atoms with Gasteiger partial charge in [0.25, 0.3) is 5.91 Å². The Labute approximate surface area is 181 Å². The van der Waals surface area contributed by atoms with Gasteiger partial charge in [0, 0.05) is 26.2 Å². The summed E-state index contributed by atoms with van der Waals surface area (Å²) in [6.07, 6.45) is -0.498. The van der Waals surface area contributed by atoms with Crippen molar-refractivity contribution in [2.24, 2.45) is 5.92 Å². The van der Waals surface area contributed by atoms with Crippen molar-refractivity contribution >= 4 is 27.9 Å². The molecule has 170 valence electrons. The van der Waals surface area contributed by atoms with Crippen LogP contribution in [0.2, 0.25) is 0 Å². The van der Waals surface area contributed by atoms with Crippen LogP contribution in [0, 0.1) is 5.92 Å². The third-order valence-electron chi connectivity index (χ3n) is 5.32. The van der Waals surface area contributed by atoms with E-state index in [9.17, 15) is 22.8 Å². The lowest BCUT2D eigenvalue weighted by molar-refractivity contribution is -0.162. The first-order valence-electron chi connectivity index (χ1n) is 10.3. The molecule has 0 spiro atoms. The molecule has 0 saturated carbocycles. The maximum atomic E-state index is 12.9. The highest BCUT2D eigenvalue weighted by atomic mass is 32.2. The van der Waals surface area contributed by atoms with E-state index in [1.807, 2.05) is 6.92 Å². The first kappa shape index (κ1) is 23.0. The summed E-state index contributed by atoms with van der Waals surface area (Å²) in [6, 6.07) is 5.73. The second-order valence-corrected chi connectivity index (χ2v) is 9.32. The van der Waals surface area contributed by atoms with Gasteiger partial charge in [0.05, 0.1) is 17.4 Å². The molecule has 10 nitrogen and oxygen atoms in total. The summed E-state index contributed by atoms with van der Waals surface area (Å²) in [4.78, 5) is 37.5. The predicted molar refractivity (Wildman–Crippen MR) is 110 cm³/mol. The number of nitrogens with one attached hydrogen (secondary N) is 1. The Morgan fingerprint density at radius 2 is 1.81 bits per heavy atom. The van der Waals surface area contributed by atoms with Gasteiger partial charge in [-0.1, -0.05) is 0 Å². The molecule has 3 amide bonds. The standard InChI is InChI=1S/C20H27N3O7S/c1-3-29-16-4-6-17(7-5-16)31(27,28)22-11-8-15(9-12-22)19(25)30-14(2)18(24)23-13-10-21-20(23)26/h4-7,14-15H,3,8-13H2,1-2H3,(H,21,26). The molecule has 1 aromatic carbocycles. The molecule has 0 bridgehead atoms. The van der Waals surface area contributed by atoms with Gasteiger partial charge in [0.1, 0.15) is 5.75 Å². The van der Waals surface area contributed by atoms with Crippen molar-refractivity contribution in [1.29, 1.82) is 0 Å². The van der Waals surface area contributed by atoms with E-state index in [0.29, 0.717) is 31.7 Å². The van der Waals surface area contributed by atoms with E-state index >= 15 is 0 Å². The number of esters is 1. The van der Waals surface area contributed by atoms with Crippen LogP contribution in [0.15, 0.2) is 29.2 Å².